The van der Waals surface area contributed by atoms with Gasteiger partial charge in [0.1, 0.15) is 5.75 Å². The standard InChI is InChI=1S/C22H30N4OS/c1-17(2)27-21-10-6-19(7-11-21)24-22(28)23-16-18-4-8-20(9-5-18)26-14-12-25(3)13-15-26/h4-11,17H,12-16H2,1-3H3,(H2,23,24,28). The summed E-state index contributed by atoms with van der Waals surface area (Å²) in [5.41, 5.74) is 3.45. The van der Waals surface area contributed by atoms with Crippen molar-refractivity contribution in [3.8, 4) is 5.75 Å². The van der Waals surface area contributed by atoms with E-state index in [1.165, 1.54) is 11.3 Å². The molecule has 0 spiro atoms. The van der Waals surface area contributed by atoms with Gasteiger partial charge in [-0.2, -0.15) is 0 Å². The van der Waals surface area contributed by atoms with Gasteiger partial charge in [-0.15, -0.1) is 0 Å². The van der Waals surface area contributed by atoms with Gasteiger partial charge < -0.3 is 25.2 Å². The molecule has 1 saturated heterocycles. The molecule has 1 fully saturated rings. The first kappa shape index (κ1) is 20.4. The van der Waals surface area contributed by atoms with Gasteiger partial charge >= 0.3 is 0 Å². The lowest BCUT2D eigenvalue weighted by Gasteiger charge is -2.34. The van der Waals surface area contributed by atoms with Crippen molar-refractivity contribution in [1.82, 2.24) is 10.2 Å². The van der Waals surface area contributed by atoms with Gasteiger partial charge in [0.15, 0.2) is 5.11 Å². The lowest BCUT2D eigenvalue weighted by Crippen LogP contribution is -2.44. The highest BCUT2D eigenvalue weighted by atomic mass is 32.1. The SMILES string of the molecule is CC(C)Oc1ccc(NC(=S)NCc2ccc(N3CCN(C)CC3)cc2)cc1. The minimum atomic E-state index is 0.171. The van der Waals surface area contributed by atoms with Gasteiger partial charge in [0.05, 0.1) is 6.10 Å². The Labute approximate surface area is 173 Å². The van der Waals surface area contributed by atoms with Gasteiger partial charge in [-0.3, -0.25) is 0 Å². The number of anilines is 2. The normalized spacial score (nSPS) is 14.8. The van der Waals surface area contributed by atoms with E-state index in [1.807, 2.05) is 38.1 Å². The van der Waals surface area contributed by atoms with Crippen molar-refractivity contribution in [3.63, 3.8) is 0 Å². The Hall–Kier alpha value is -2.31. The highest BCUT2D eigenvalue weighted by Crippen LogP contribution is 2.18. The van der Waals surface area contributed by atoms with E-state index in [0.29, 0.717) is 11.7 Å². The van der Waals surface area contributed by atoms with E-state index in [1.54, 1.807) is 0 Å². The number of benzene rings is 2. The van der Waals surface area contributed by atoms with Crippen LogP contribution in [-0.4, -0.2) is 49.3 Å². The highest BCUT2D eigenvalue weighted by Gasteiger charge is 2.13. The molecular formula is C22H30N4OS. The van der Waals surface area contributed by atoms with Crippen molar-refractivity contribution >= 4 is 28.7 Å². The summed E-state index contributed by atoms with van der Waals surface area (Å²) in [4.78, 5) is 4.81. The molecule has 28 heavy (non-hydrogen) atoms. The summed E-state index contributed by atoms with van der Waals surface area (Å²) in [5.74, 6) is 0.861. The van der Waals surface area contributed by atoms with E-state index in [0.717, 1.165) is 37.6 Å². The van der Waals surface area contributed by atoms with Crippen molar-refractivity contribution in [2.24, 2.45) is 0 Å². The van der Waals surface area contributed by atoms with Gasteiger partial charge in [-0.05, 0) is 75.1 Å². The third-order valence-electron chi connectivity index (χ3n) is 4.74. The highest BCUT2D eigenvalue weighted by molar-refractivity contribution is 7.80. The van der Waals surface area contributed by atoms with Crippen LogP contribution in [0, 0.1) is 0 Å². The first-order valence-electron chi connectivity index (χ1n) is 9.83. The molecule has 0 unspecified atom stereocenters. The number of thiocarbonyl (C=S) groups is 1. The largest absolute Gasteiger partial charge is 0.491 e. The Morgan fingerprint density at radius 2 is 1.64 bits per heavy atom. The van der Waals surface area contributed by atoms with Crippen LogP contribution in [0.15, 0.2) is 48.5 Å². The van der Waals surface area contributed by atoms with Crippen LogP contribution in [0.4, 0.5) is 11.4 Å². The molecule has 0 bridgehead atoms. The van der Waals surface area contributed by atoms with Crippen LogP contribution >= 0.6 is 12.2 Å². The Morgan fingerprint density at radius 1 is 1.00 bits per heavy atom. The van der Waals surface area contributed by atoms with E-state index in [-0.39, 0.29) is 6.10 Å². The van der Waals surface area contributed by atoms with Crippen LogP contribution in [0.25, 0.3) is 0 Å². The first-order valence-corrected chi connectivity index (χ1v) is 10.2. The topological polar surface area (TPSA) is 39.8 Å². The maximum Gasteiger partial charge on any atom is 0.171 e. The smallest absolute Gasteiger partial charge is 0.171 e. The van der Waals surface area contributed by atoms with E-state index in [2.05, 4.69) is 51.7 Å². The minimum Gasteiger partial charge on any atom is -0.491 e. The number of piperazine rings is 1. The van der Waals surface area contributed by atoms with Crippen LogP contribution in [-0.2, 0) is 6.54 Å². The third-order valence-corrected chi connectivity index (χ3v) is 4.99. The average molecular weight is 399 g/mol. The van der Waals surface area contributed by atoms with Gasteiger partial charge in [-0.1, -0.05) is 12.1 Å². The molecule has 0 aromatic heterocycles. The van der Waals surface area contributed by atoms with Gasteiger partial charge in [0, 0.05) is 44.1 Å². The minimum absolute atomic E-state index is 0.171. The molecule has 1 aliphatic heterocycles. The van der Waals surface area contributed by atoms with E-state index in [9.17, 15) is 0 Å². The molecule has 6 heteroatoms. The molecular weight excluding hydrogens is 368 g/mol. The molecule has 2 N–H and O–H groups in total. The molecule has 2 aromatic carbocycles. The molecule has 150 valence electrons. The zero-order chi connectivity index (χ0) is 19.9. The Balaban J connectivity index is 1.45. The summed E-state index contributed by atoms with van der Waals surface area (Å²) in [7, 11) is 2.18. The average Bonchev–Trinajstić information content (AvgIpc) is 2.69. The van der Waals surface area contributed by atoms with Crippen LogP contribution in [0.2, 0.25) is 0 Å². The van der Waals surface area contributed by atoms with Gasteiger partial charge in [0.25, 0.3) is 0 Å². The zero-order valence-electron chi connectivity index (χ0n) is 16.9. The number of hydrogen-bond acceptors (Lipinski definition) is 4. The number of ether oxygens (including phenoxy) is 1. The summed E-state index contributed by atoms with van der Waals surface area (Å²) < 4.78 is 5.66. The fraction of sp³-hybridized carbons (Fsp3) is 0.409. The molecule has 1 aliphatic rings. The molecule has 0 radical (unpaired) electrons. The monoisotopic (exact) mass is 398 g/mol. The molecule has 0 atom stereocenters. The second kappa shape index (κ2) is 9.75. The molecule has 1 heterocycles. The Bertz CT molecular complexity index is 753. The molecule has 5 nitrogen and oxygen atoms in total. The molecule has 3 rings (SSSR count). The number of nitrogens with one attached hydrogen (secondary N) is 2. The maximum absolute atomic E-state index is 5.66. The Morgan fingerprint density at radius 3 is 2.25 bits per heavy atom. The summed E-state index contributed by atoms with van der Waals surface area (Å²) in [6.45, 7) is 9.14. The fourth-order valence-electron chi connectivity index (χ4n) is 3.14. The number of hydrogen-bond donors (Lipinski definition) is 2. The predicted octanol–water partition coefficient (Wildman–Crippen LogP) is 3.71. The van der Waals surface area contributed by atoms with Crippen molar-refractivity contribution in [2.45, 2.75) is 26.5 Å². The van der Waals surface area contributed by atoms with Gasteiger partial charge in [-0.25, -0.2) is 0 Å². The molecule has 2 aromatic rings. The Kier molecular flexibility index (Phi) is 7.12. The van der Waals surface area contributed by atoms with Crippen LogP contribution in [0.5, 0.6) is 5.75 Å². The van der Waals surface area contributed by atoms with E-state index < -0.39 is 0 Å². The first-order chi connectivity index (χ1) is 13.5. The lowest BCUT2D eigenvalue weighted by molar-refractivity contribution is 0.242. The fourth-order valence-corrected chi connectivity index (χ4v) is 3.33. The number of nitrogens with zero attached hydrogens (tertiary/aromatic N) is 2. The van der Waals surface area contributed by atoms with Crippen molar-refractivity contribution in [3.05, 3.63) is 54.1 Å². The second-order valence-corrected chi connectivity index (χ2v) is 7.86. The van der Waals surface area contributed by atoms with Crippen LogP contribution in [0.3, 0.4) is 0 Å². The molecule has 0 amide bonds. The quantitative estimate of drug-likeness (QED) is 0.723. The number of rotatable bonds is 6. The summed E-state index contributed by atoms with van der Waals surface area (Å²) in [5, 5.41) is 7.09. The van der Waals surface area contributed by atoms with Crippen molar-refractivity contribution in [1.29, 1.82) is 0 Å². The van der Waals surface area contributed by atoms with E-state index >= 15 is 0 Å². The second-order valence-electron chi connectivity index (χ2n) is 7.46. The maximum atomic E-state index is 5.66. The van der Waals surface area contributed by atoms with Crippen LogP contribution < -0.4 is 20.3 Å². The molecule has 0 aliphatic carbocycles. The predicted molar refractivity (Wildman–Crippen MR) is 121 cm³/mol. The van der Waals surface area contributed by atoms with E-state index in [4.69, 9.17) is 17.0 Å². The number of likely N-dealkylation sites (N-methyl/N-ethyl adjacent to an activating group) is 1. The van der Waals surface area contributed by atoms with Crippen molar-refractivity contribution < 1.29 is 4.74 Å². The molecule has 0 saturated carbocycles. The third kappa shape index (κ3) is 6.11. The lowest BCUT2D eigenvalue weighted by atomic mass is 10.2. The van der Waals surface area contributed by atoms with Crippen molar-refractivity contribution in [2.75, 3.05) is 43.4 Å². The van der Waals surface area contributed by atoms with Gasteiger partial charge in [0.2, 0.25) is 0 Å². The summed E-state index contributed by atoms with van der Waals surface area (Å²) in [6, 6.07) is 16.6. The van der Waals surface area contributed by atoms with Crippen LogP contribution in [0.1, 0.15) is 19.4 Å². The summed E-state index contributed by atoms with van der Waals surface area (Å²) in [6.07, 6.45) is 0.171. The zero-order valence-corrected chi connectivity index (χ0v) is 17.8. The summed E-state index contributed by atoms with van der Waals surface area (Å²) >= 11 is 5.41.